The fourth-order valence-electron chi connectivity index (χ4n) is 3.35. The molecule has 1 amide bonds. The lowest BCUT2D eigenvalue weighted by Crippen LogP contribution is -3.11. The molecule has 2 aromatic rings. The predicted molar refractivity (Wildman–Crippen MR) is 110 cm³/mol. The van der Waals surface area contributed by atoms with E-state index in [0.717, 1.165) is 47.8 Å². The number of carbonyl (C=O) groups excluding carboxylic acids is 2. The number of benzene rings is 1. The van der Waals surface area contributed by atoms with E-state index in [2.05, 4.69) is 12.2 Å². The minimum Gasteiger partial charge on any atom is -0.465 e. The number of ether oxygens (including phenoxy) is 1. The minimum absolute atomic E-state index is 0.183. The average Bonchev–Trinajstić information content (AvgIpc) is 3.04. The van der Waals surface area contributed by atoms with Crippen molar-refractivity contribution in [2.24, 2.45) is 0 Å². The molecule has 1 atom stereocenters. The number of halogens is 1. The zero-order valence-electron chi connectivity index (χ0n) is 16.0. The molecule has 2 N–H and O–H groups in total. The Kier molecular flexibility index (Phi) is 7.09. The minimum atomic E-state index is -0.405. The van der Waals surface area contributed by atoms with Gasteiger partial charge in [0.25, 0.3) is 0 Å². The molecule has 1 unspecified atom stereocenters. The molecule has 0 spiro atoms. The Labute approximate surface area is 172 Å². The van der Waals surface area contributed by atoms with Gasteiger partial charge < -0.3 is 15.0 Å². The molecule has 150 valence electrons. The van der Waals surface area contributed by atoms with Crippen molar-refractivity contribution in [2.45, 2.75) is 31.2 Å². The number of amides is 1. The monoisotopic (exact) mass is 423 g/mol. The zero-order chi connectivity index (χ0) is 20.1. The van der Waals surface area contributed by atoms with Crippen molar-refractivity contribution >= 4 is 40.0 Å². The Morgan fingerprint density at radius 1 is 1.32 bits per heavy atom. The topological polar surface area (TPSA) is 59.8 Å². The SMILES string of the molecule is CCC[NH+]1CCc2c(sc(NC(=O)CSc3ccc(F)cc3)c2C(=O)OC)C1. The first-order chi connectivity index (χ1) is 13.5. The molecule has 3 rings (SSSR count). The normalized spacial score (nSPS) is 15.8. The summed E-state index contributed by atoms with van der Waals surface area (Å²) in [6, 6.07) is 6.02. The van der Waals surface area contributed by atoms with Gasteiger partial charge >= 0.3 is 5.97 Å². The lowest BCUT2D eigenvalue weighted by molar-refractivity contribution is -0.915. The molecule has 2 heterocycles. The first-order valence-corrected chi connectivity index (χ1v) is 11.1. The summed E-state index contributed by atoms with van der Waals surface area (Å²) < 4.78 is 17.9. The summed E-state index contributed by atoms with van der Waals surface area (Å²) in [5, 5.41) is 3.45. The van der Waals surface area contributed by atoms with Crippen LogP contribution in [-0.4, -0.2) is 37.8 Å². The number of hydrogen-bond donors (Lipinski definition) is 2. The highest BCUT2D eigenvalue weighted by Crippen LogP contribution is 2.35. The molecule has 1 aromatic heterocycles. The molecule has 5 nitrogen and oxygen atoms in total. The fourth-order valence-corrected chi connectivity index (χ4v) is 5.37. The number of hydrogen-bond acceptors (Lipinski definition) is 5. The first-order valence-electron chi connectivity index (χ1n) is 9.26. The molecule has 0 radical (unpaired) electrons. The van der Waals surface area contributed by atoms with Crippen molar-refractivity contribution < 1.29 is 23.6 Å². The van der Waals surface area contributed by atoms with Crippen LogP contribution in [0.25, 0.3) is 0 Å². The van der Waals surface area contributed by atoms with Crippen LogP contribution in [0.4, 0.5) is 9.39 Å². The molecule has 0 aliphatic carbocycles. The van der Waals surface area contributed by atoms with E-state index < -0.39 is 5.97 Å². The van der Waals surface area contributed by atoms with E-state index in [1.54, 1.807) is 12.1 Å². The highest BCUT2D eigenvalue weighted by Gasteiger charge is 2.30. The number of quaternary nitrogens is 1. The van der Waals surface area contributed by atoms with Gasteiger partial charge in [-0.05, 0) is 36.2 Å². The number of rotatable bonds is 7. The highest BCUT2D eigenvalue weighted by atomic mass is 32.2. The van der Waals surface area contributed by atoms with Gasteiger partial charge in [-0.3, -0.25) is 4.79 Å². The van der Waals surface area contributed by atoms with Crippen molar-refractivity contribution in [2.75, 3.05) is 31.3 Å². The van der Waals surface area contributed by atoms with E-state index in [-0.39, 0.29) is 17.5 Å². The van der Waals surface area contributed by atoms with E-state index in [4.69, 9.17) is 4.74 Å². The van der Waals surface area contributed by atoms with Gasteiger partial charge in [0.1, 0.15) is 17.4 Å². The largest absolute Gasteiger partial charge is 0.465 e. The van der Waals surface area contributed by atoms with E-state index >= 15 is 0 Å². The standard InChI is InChI=1S/C20H23FN2O3S2/c1-3-9-23-10-8-15-16(11-23)28-19(18(15)20(25)26-2)22-17(24)12-27-14-6-4-13(21)5-7-14/h4-7H,3,8-12H2,1-2H3,(H,22,24)/p+1. The van der Waals surface area contributed by atoms with Crippen LogP contribution in [0.5, 0.6) is 0 Å². The van der Waals surface area contributed by atoms with Crippen molar-refractivity contribution in [1.82, 2.24) is 0 Å². The van der Waals surface area contributed by atoms with Crippen LogP contribution in [0.2, 0.25) is 0 Å². The number of nitrogens with one attached hydrogen (secondary N) is 2. The lowest BCUT2D eigenvalue weighted by atomic mass is 10.0. The summed E-state index contributed by atoms with van der Waals surface area (Å²) in [7, 11) is 1.36. The molecule has 0 saturated carbocycles. The van der Waals surface area contributed by atoms with Crippen LogP contribution in [0, 0.1) is 5.82 Å². The molecule has 1 aromatic carbocycles. The molecule has 0 fully saturated rings. The number of methoxy groups -OCH3 is 1. The third kappa shape index (κ3) is 4.92. The number of esters is 1. The summed E-state index contributed by atoms with van der Waals surface area (Å²) >= 11 is 2.80. The summed E-state index contributed by atoms with van der Waals surface area (Å²) in [6.07, 6.45) is 1.93. The fraction of sp³-hybridized carbons (Fsp3) is 0.400. The van der Waals surface area contributed by atoms with Gasteiger partial charge in [0.05, 0.1) is 36.4 Å². The number of thioether (sulfide) groups is 1. The van der Waals surface area contributed by atoms with Gasteiger partial charge in [-0.2, -0.15) is 0 Å². The second-order valence-electron chi connectivity index (χ2n) is 6.67. The van der Waals surface area contributed by atoms with Crippen molar-refractivity contribution in [3.05, 3.63) is 46.1 Å². The summed E-state index contributed by atoms with van der Waals surface area (Å²) in [6.45, 7) is 5.12. The molecular weight excluding hydrogens is 399 g/mol. The Morgan fingerprint density at radius 3 is 2.75 bits per heavy atom. The zero-order valence-corrected chi connectivity index (χ0v) is 17.6. The molecule has 1 aliphatic rings. The second-order valence-corrected chi connectivity index (χ2v) is 8.82. The molecule has 28 heavy (non-hydrogen) atoms. The van der Waals surface area contributed by atoms with Crippen molar-refractivity contribution in [1.29, 1.82) is 0 Å². The Morgan fingerprint density at radius 2 is 2.07 bits per heavy atom. The Hall–Kier alpha value is -1.90. The second kappa shape index (κ2) is 9.54. The van der Waals surface area contributed by atoms with E-state index in [1.807, 2.05) is 0 Å². The van der Waals surface area contributed by atoms with Gasteiger partial charge in [0.2, 0.25) is 5.91 Å². The number of fused-ring (bicyclic) bond motifs is 1. The van der Waals surface area contributed by atoms with Crippen LogP contribution in [0.1, 0.15) is 34.1 Å². The quantitative estimate of drug-likeness (QED) is 0.531. The molecule has 0 saturated heterocycles. The van der Waals surface area contributed by atoms with Crippen molar-refractivity contribution in [3.8, 4) is 0 Å². The third-order valence-electron chi connectivity index (χ3n) is 4.66. The van der Waals surface area contributed by atoms with Crippen LogP contribution in [-0.2, 0) is 22.5 Å². The first kappa shape index (κ1) is 20.8. The molecular formula is C20H24FN2O3S2+. The maximum atomic E-state index is 13.0. The molecule has 8 heteroatoms. The summed E-state index contributed by atoms with van der Waals surface area (Å²) in [4.78, 5) is 28.3. The van der Waals surface area contributed by atoms with Gasteiger partial charge in [0.15, 0.2) is 0 Å². The Balaban J connectivity index is 1.72. The maximum absolute atomic E-state index is 13.0. The lowest BCUT2D eigenvalue weighted by Gasteiger charge is -2.23. The number of anilines is 1. The number of thiophene rings is 1. The maximum Gasteiger partial charge on any atom is 0.341 e. The summed E-state index contributed by atoms with van der Waals surface area (Å²) in [5.41, 5.74) is 1.51. The highest BCUT2D eigenvalue weighted by molar-refractivity contribution is 8.00. The van der Waals surface area contributed by atoms with E-state index in [1.165, 1.54) is 47.2 Å². The average molecular weight is 424 g/mol. The number of carbonyl (C=O) groups is 2. The summed E-state index contributed by atoms with van der Waals surface area (Å²) in [5.74, 6) is -0.726. The molecule has 0 bridgehead atoms. The third-order valence-corrected chi connectivity index (χ3v) is 6.82. The van der Waals surface area contributed by atoms with Crippen LogP contribution < -0.4 is 10.2 Å². The Bertz CT molecular complexity index is 852. The van der Waals surface area contributed by atoms with Gasteiger partial charge in [-0.15, -0.1) is 23.1 Å². The van der Waals surface area contributed by atoms with E-state index in [0.29, 0.717) is 10.6 Å². The smallest absolute Gasteiger partial charge is 0.341 e. The van der Waals surface area contributed by atoms with Crippen LogP contribution in [0.3, 0.4) is 0 Å². The van der Waals surface area contributed by atoms with Crippen molar-refractivity contribution in [3.63, 3.8) is 0 Å². The van der Waals surface area contributed by atoms with Gasteiger partial charge in [-0.1, -0.05) is 6.92 Å². The van der Waals surface area contributed by atoms with Gasteiger partial charge in [-0.25, -0.2) is 9.18 Å². The molecule has 1 aliphatic heterocycles. The van der Waals surface area contributed by atoms with Crippen LogP contribution >= 0.6 is 23.1 Å². The predicted octanol–water partition coefficient (Wildman–Crippen LogP) is 2.76. The van der Waals surface area contributed by atoms with Crippen LogP contribution in [0.15, 0.2) is 29.2 Å². The van der Waals surface area contributed by atoms with E-state index in [9.17, 15) is 14.0 Å². The van der Waals surface area contributed by atoms with Gasteiger partial charge in [0, 0.05) is 11.3 Å².